The van der Waals surface area contributed by atoms with Crippen LogP contribution in [0.5, 0.6) is 0 Å². The van der Waals surface area contributed by atoms with E-state index in [-0.39, 0.29) is 10.8 Å². The fraction of sp³-hybridized carbons (Fsp3) is 0.125. The molecule has 15 rings (SSSR count). The molecule has 0 aromatic heterocycles. The van der Waals surface area contributed by atoms with Crippen LogP contribution in [-0.2, 0) is 10.8 Å². The van der Waals surface area contributed by atoms with Gasteiger partial charge in [0.05, 0.1) is 0 Å². The topological polar surface area (TPSA) is 9.72 Å². The average Bonchev–Trinajstić information content (AvgIpc) is 1.39. The van der Waals surface area contributed by atoms with Gasteiger partial charge in [-0.2, -0.15) is 0 Å². The summed E-state index contributed by atoms with van der Waals surface area (Å²) in [4.78, 5) is 7.32. The van der Waals surface area contributed by atoms with Crippen molar-refractivity contribution in [3.05, 3.63) is 305 Å². The first-order valence-corrected chi connectivity index (χ1v) is 32.4. The lowest BCUT2D eigenvalue weighted by Crippen LogP contribution is -2.61. The van der Waals surface area contributed by atoms with Gasteiger partial charge in [-0.1, -0.05) is 229 Å². The van der Waals surface area contributed by atoms with Crippen molar-refractivity contribution in [2.75, 3.05) is 14.7 Å². The van der Waals surface area contributed by atoms with E-state index >= 15 is 0 Å². The molecule has 4 aliphatic rings. The van der Waals surface area contributed by atoms with Gasteiger partial charge in [-0.15, -0.1) is 0 Å². The summed E-state index contributed by atoms with van der Waals surface area (Å²) < 4.78 is 0. The lowest BCUT2D eigenvalue weighted by molar-refractivity contribution is 0.660. The van der Waals surface area contributed by atoms with Gasteiger partial charge in [0.2, 0.25) is 0 Å². The maximum Gasteiger partial charge on any atom is 0.123 e. The summed E-state index contributed by atoms with van der Waals surface area (Å²) in [6.07, 6.45) is 11.9. The Labute approximate surface area is 496 Å². The summed E-state index contributed by atoms with van der Waals surface area (Å²) in [5.74, 6) is 0. The molecule has 0 atom stereocenters. The van der Waals surface area contributed by atoms with Crippen LogP contribution in [0.3, 0.4) is 0 Å². The van der Waals surface area contributed by atoms with E-state index in [4.69, 9.17) is 0 Å². The lowest BCUT2D eigenvalue weighted by Gasteiger charge is -2.43. The van der Waals surface area contributed by atoms with Crippen molar-refractivity contribution >= 4 is 93.9 Å². The third kappa shape index (κ3) is 8.61. The van der Waals surface area contributed by atoms with Crippen LogP contribution in [0.2, 0.25) is 12.1 Å². The molecule has 0 bridgehead atoms. The van der Waals surface area contributed by atoms with Crippen molar-refractivity contribution < 1.29 is 0 Å². The number of para-hydroxylation sites is 5. The minimum Gasteiger partial charge on any atom is -0.311 e. The molecule has 84 heavy (non-hydrogen) atoms. The van der Waals surface area contributed by atoms with Crippen molar-refractivity contribution in [1.29, 1.82) is 0 Å². The number of hydrogen-bond acceptors (Lipinski definition) is 3. The third-order valence-electron chi connectivity index (χ3n) is 18.9. The predicted molar refractivity (Wildman–Crippen MR) is 360 cm³/mol. The largest absolute Gasteiger partial charge is 0.311 e. The molecule has 1 saturated heterocycles. The molecular formula is C80H67N3Si. The summed E-state index contributed by atoms with van der Waals surface area (Å²) >= 11 is 0. The Balaban J connectivity index is 0.737. The Hall–Kier alpha value is -9.48. The van der Waals surface area contributed by atoms with Crippen molar-refractivity contribution in [2.24, 2.45) is 0 Å². The van der Waals surface area contributed by atoms with Crippen LogP contribution in [0.1, 0.15) is 85.0 Å². The molecule has 2 aliphatic heterocycles. The highest BCUT2D eigenvalue weighted by atomic mass is 28.3. The van der Waals surface area contributed by atoms with Gasteiger partial charge >= 0.3 is 0 Å². The number of fused-ring (bicyclic) bond motifs is 10. The van der Waals surface area contributed by atoms with E-state index in [0.29, 0.717) is 0 Å². The van der Waals surface area contributed by atoms with Gasteiger partial charge in [-0.3, -0.25) is 0 Å². The Morgan fingerprint density at radius 2 is 0.631 bits per heavy atom. The van der Waals surface area contributed by atoms with Gasteiger partial charge in [-0.05, 0) is 186 Å². The summed E-state index contributed by atoms with van der Waals surface area (Å²) in [6, 6.07) is 99.6. The van der Waals surface area contributed by atoms with Crippen LogP contribution in [-0.4, -0.2) is 8.07 Å². The van der Waals surface area contributed by atoms with Crippen molar-refractivity contribution in [2.45, 2.75) is 63.5 Å². The van der Waals surface area contributed by atoms with E-state index in [1.54, 1.807) is 10.4 Å². The van der Waals surface area contributed by atoms with Crippen LogP contribution < -0.4 is 25.1 Å². The van der Waals surface area contributed by atoms with Gasteiger partial charge in [0, 0.05) is 62.0 Å². The fourth-order valence-corrected chi connectivity index (χ4v) is 20.2. The zero-order chi connectivity index (χ0) is 56.6. The van der Waals surface area contributed by atoms with E-state index < -0.39 is 8.07 Å². The SMILES string of the molecule is CC1(C)c2cc(C=Cc3ccc4c(c3)N(c3ccccc3)c3cc(C=Cc5ccc6c(c5)C(C)(C)c5cc(N(c7ccccc7)c7ccccc7)ccc5-6)ccc3[Si]43CCCC3)ccc2-c2ccc(N(c3ccccc3)c3ccccc3)cc21. The first-order chi connectivity index (χ1) is 41.1. The van der Waals surface area contributed by atoms with E-state index in [1.807, 2.05) is 0 Å². The zero-order valence-corrected chi connectivity index (χ0v) is 49.3. The van der Waals surface area contributed by atoms with Gasteiger partial charge in [-0.25, -0.2) is 0 Å². The van der Waals surface area contributed by atoms with Crippen LogP contribution in [0.15, 0.2) is 261 Å². The Morgan fingerprint density at radius 1 is 0.321 bits per heavy atom. The monoisotopic (exact) mass is 1100 g/mol. The van der Waals surface area contributed by atoms with Crippen molar-refractivity contribution in [1.82, 2.24) is 0 Å². The minimum atomic E-state index is -2.07. The highest BCUT2D eigenvalue weighted by Crippen LogP contribution is 2.53. The highest BCUT2D eigenvalue weighted by Gasteiger charge is 2.48. The highest BCUT2D eigenvalue weighted by molar-refractivity contribution is 7.05. The first kappa shape index (κ1) is 51.4. The van der Waals surface area contributed by atoms with E-state index in [2.05, 4.69) is 328 Å². The molecule has 0 N–H and O–H groups in total. The Morgan fingerprint density at radius 3 is 1.00 bits per heavy atom. The Kier molecular flexibility index (Phi) is 12.5. The van der Waals surface area contributed by atoms with E-state index in [9.17, 15) is 0 Å². The molecule has 1 spiro atoms. The number of anilines is 9. The maximum absolute atomic E-state index is 2.58. The third-order valence-corrected chi connectivity index (χ3v) is 24.2. The van der Waals surface area contributed by atoms with Gasteiger partial charge < -0.3 is 14.7 Å². The molecule has 0 unspecified atom stereocenters. The second kappa shape index (κ2) is 20.4. The maximum atomic E-state index is 2.58. The number of benzene rings is 11. The van der Waals surface area contributed by atoms with Crippen LogP contribution >= 0.6 is 0 Å². The molecular weight excluding hydrogens is 1030 g/mol. The molecule has 0 radical (unpaired) electrons. The first-order valence-electron chi connectivity index (χ1n) is 30.0. The minimum absolute atomic E-state index is 0.182. The Bertz CT molecular complexity index is 4030. The standard InChI is InChI=1S/C80H67N3Si/c1-79(2)71-50-56(36-42-67(71)69-44-40-65(54-73(69)79)81(60-22-10-5-11-23-60)61-24-12-6-13-25-61)32-34-58-38-46-77-75(52-58)83(64-30-18-9-19-31-64)76-53-59(39-47-78(76)84(77)48-20-21-49-84)35-33-57-37-43-68-70-45-41-66(55-74(70)80(3,4)72(68)51-57)82(62-26-14-7-15-27-62)63-28-16-8-17-29-63/h5-19,22-47,50-55H,20-21,48-49H2,1-4H3. The van der Waals surface area contributed by atoms with Crippen LogP contribution in [0.25, 0.3) is 46.6 Å². The van der Waals surface area contributed by atoms with Crippen molar-refractivity contribution in [3.63, 3.8) is 0 Å². The van der Waals surface area contributed by atoms with Gasteiger partial charge in [0.15, 0.2) is 0 Å². The van der Waals surface area contributed by atoms with Crippen LogP contribution in [0, 0.1) is 0 Å². The zero-order valence-electron chi connectivity index (χ0n) is 48.3. The smallest absolute Gasteiger partial charge is 0.123 e. The molecule has 11 aromatic carbocycles. The number of hydrogen-bond donors (Lipinski definition) is 0. The second-order valence-electron chi connectivity index (χ2n) is 24.5. The van der Waals surface area contributed by atoms with Crippen molar-refractivity contribution in [3.8, 4) is 22.3 Å². The number of rotatable bonds is 11. The molecule has 0 amide bonds. The number of nitrogens with zero attached hydrogens (tertiary/aromatic N) is 3. The summed E-state index contributed by atoms with van der Waals surface area (Å²) in [5.41, 5.74) is 26.0. The summed E-state index contributed by atoms with van der Waals surface area (Å²) in [7, 11) is -2.07. The normalized spacial score (nSPS) is 15.4. The summed E-state index contributed by atoms with van der Waals surface area (Å²) in [5, 5.41) is 3.15. The van der Waals surface area contributed by atoms with E-state index in [0.717, 1.165) is 22.7 Å². The lowest BCUT2D eigenvalue weighted by atomic mass is 9.81. The molecule has 2 aliphatic carbocycles. The quantitative estimate of drug-likeness (QED) is 0.0944. The summed E-state index contributed by atoms with van der Waals surface area (Å²) in [6.45, 7) is 9.56. The fourth-order valence-electron chi connectivity index (χ4n) is 14.7. The van der Waals surface area contributed by atoms with E-state index in [1.165, 1.54) is 120 Å². The van der Waals surface area contributed by atoms with Crippen LogP contribution in [0.4, 0.5) is 51.2 Å². The average molecular weight is 1100 g/mol. The molecule has 3 nitrogen and oxygen atoms in total. The molecule has 0 saturated carbocycles. The molecule has 2 heterocycles. The van der Waals surface area contributed by atoms with Gasteiger partial charge in [0.1, 0.15) is 8.07 Å². The molecule has 406 valence electrons. The predicted octanol–water partition coefficient (Wildman–Crippen LogP) is 20.7. The second-order valence-corrected chi connectivity index (χ2v) is 28.8. The molecule has 1 fully saturated rings. The molecule has 4 heteroatoms. The van der Waals surface area contributed by atoms with Gasteiger partial charge in [0.25, 0.3) is 0 Å². The molecule has 11 aromatic rings.